The average Bonchev–Trinajstić information content (AvgIpc) is 2.53. The third-order valence-electron chi connectivity index (χ3n) is 4.14. The molecule has 1 unspecified atom stereocenters. The molecule has 6 nitrogen and oxygen atoms in total. The summed E-state index contributed by atoms with van der Waals surface area (Å²) < 4.78 is 39.3. The third-order valence-corrected chi connectivity index (χ3v) is 4.14. The fourth-order valence-corrected chi connectivity index (χ4v) is 2.92. The van der Waals surface area contributed by atoms with Gasteiger partial charge in [-0.2, -0.15) is 13.2 Å². The highest BCUT2D eigenvalue weighted by atomic mass is 19.4. The summed E-state index contributed by atoms with van der Waals surface area (Å²) in [7, 11) is 1.68. The van der Waals surface area contributed by atoms with Crippen LogP contribution in [-0.2, 0) is 15.8 Å². The Labute approximate surface area is 170 Å². The molecule has 0 fully saturated rings. The summed E-state index contributed by atoms with van der Waals surface area (Å²) in [5.74, 6) is -0.663. The molecule has 0 aliphatic carbocycles. The molecule has 2 amide bonds. The molecule has 0 aliphatic rings. The molecular weight excluding hydrogens is 385 g/mol. The maximum Gasteiger partial charge on any atom is 0.416 e. The average molecular weight is 417 g/mol. The molecule has 0 saturated carbocycles. The molecular formula is C20H32F3N4O2+. The smallest absolute Gasteiger partial charge is 0.370 e. The van der Waals surface area contributed by atoms with Crippen LogP contribution in [0.15, 0.2) is 18.2 Å². The van der Waals surface area contributed by atoms with E-state index >= 15 is 0 Å². The third kappa shape index (κ3) is 8.31. The van der Waals surface area contributed by atoms with Gasteiger partial charge in [-0.25, -0.2) is 0 Å². The van der Waals surface area contributed by atoms with Gasteiger partial charge in [0.1, 0.15) is 0 Å². The van der Waals surface area contributed by atoms with E-state index in [1.807, 2.05) is 39.5 Å². The summed E-state index contributed by atoms with van der Waals surface area (Å²) in [6.07, 6.45) is -4.51. The minimum atomic E-state index is -4.51. The summed E-state index contributed by atoms with van der Waals surface area (Å²) in [5.41, 5.74) is -0.565. The number of rotatable bonds is 8. The van der Waals surface area contributed by atoms with Crippen molar-refractivity contribution in [3.05, 3.63) is 23.8 Å². The van der Waals surface area contributed by atoms with Gasteiger partial charge in [0.2, 0.25) is 0 Å². The fraction of sp³-hybridized carbons (Fsp3) is 0.600. The van der Waals surface area contributed by atoms with Crippen LogP contribution in [0.4, 0.5) is 24.5 Å². The molecule has 3 N–H and O–H groups in total. The van der Waals surface area contributed by atoms with Crippen LogP contribution in [0, 0.1) is 0 Å². The SMILES string of the molecule is CCN(CC)c1ccc(C(F)(F)F)cc1NC(=O)C[NH+](C)CC(=O)NC(C)(C)C. The number of halogens is 3. The number of hydrogen-bond donors (Lipinski definition) is 3. The number of quaternary nitrogens is 1. The number of nitrogens with zero attached hydrogens (tertiary/aromatic N) is 1. The van der Waals surface area contributed by atoms with Crippen molar-refractivity contribution >= 4 is 23.2 Å². The first-order valence-electron chi connectivity index (χ1n) is 9.65. The zero-order chi connectivity index (χ0) is 22.4. The lowest BCUT2D eigenvalue weighted by Crippen LogP contribution is -3.11. The number of anilines is 2. The Bertz CT molecular complexity index is 711. The van der Waals surface area contributed by atoms with Gasteiger partial charge in [0, 0.05) is 18.6 Å². The van der Waals surface area contributed by atoms with Crippen molar-refractivity contribution in [2.45, 2.75) is 46.3 Å². The summed E-state index contributed by atoms with van der Waals surface area (Å²) >= 11 is 0. The molecule has 0 heterocycles. The molecule has 1 aromatic rings. The molecule has 164 valence electrons. The van der Waals surface area contributed by atoms with Crippen LogP contribution in [0.5, 0.6) is 0 Å². The number of amides is 2. The number of alkyl halides is 3. The lowest BCUT2D eigenvalue weighted by atomic mass is 10.1. The maximum absolute atomic E-state index is 13.1. The first kappa shape index (κ1) is 24.7. The number of nitrogens with one attached hydrogen (secondary N) is 3. The first-order chi connectivity index (χ1) is 13.3. The highest BCUT2D eigenvalue weighted by molar-refractivity contribution is 5.95. The molecule has 0 aliphatic heterocycles. The number of carbonyl (C=O) groups excluding carboxylic acids is 2. The van der Waals surface area contributed by atoms with E-state index in [0.717, 1.165) is 12.1 Å². The monoisotopic (exact) mass is 417 g/mol. The Hall–Kier alpha value is -2.29. The number of carbonyl (C=O) groups is 2. The minimum absolute atomic E-state index is 0.0501. The Morgan fingerprint density at radius 3 is 2.07 bits per heavy atom. The minimum Gasteiger partial charge on any atom is -0.370 e. The van der Waals surface area contributed by atoms with Crippen molar-refractivity contribution in [1.29, 1.82) is 0 Å². The summed E-state index contributed by atoms with van der Waals surface area (Å²) in [6.45, 7) is 10.5. The van der Waals surface area contributed by atoms with Gasteiger partial charge in [0.15, 0.2) is 13.1 Å². The Balaban J connectivity index is 2.93. The lowest BCUT2D eigenvalue weighted by Gasteiger charge is -2.25. The molecule has 1 aromatic carbocycles. The molecule has 9 heteroatoms. The van der Waals surface area contributed by atoms with Gasteiger partial charge in [-0.05, 0) is 52.8 Å². The van der Waals surface area contributed by atoms with Crippen LogP contribution < -0.4 is 20.4 Å². The van der Waals surface area contributed by atoms with E-state index in [2.05, 4.69) is 10.6 Å². The van der Waals surface area contributed by atoms with Crippen LogP contribution in [0.1, 0.15) is 40.2 Å². The Kier molecular flexibility index (Phi) is 8.50. The van der Waals surface area contributed by atoms with Crippen molar-refractivity contribution in [3.8, 4) is 0 Å². The van der Waals surface area contributed by atoms with Gasteiger partial charge in [-0.15, -0.1) is 0 Å². The number of benzene rings is 1. The highest BCUT2D eigenvalue weighted by Gasteiger charge is 2.31. The predicted octanol–water partition coefficient (Wildman–Crippen LogP) is 1.92. The van der Waals surface area contributed by atoms with Crippen LogP contribution in [-0.4, -0.2) is 50.6 Å². The van der Waals surface area contributed by atoms with Crippen molar-refractivity contribution in [1.82, 2.24) is 5.32 Å². The van der Waals surface area contributed by atoms with Crippen LogP contribution >= 0.6 is 0 Å². The quantitative estimate of drug-likeness (QED) is 0.606. The summed E-state index contributed by atoms with van der Waals surface area (Å²) in [5, 5.41) is 5.40. The van der Waals surface area contributed by atoms with Crippen LogP contribution in [0.2, 0.25) is 0 Å². The van der Waals surface area contributed by atoms with Gasteiger partial charge in [0.25, 0.3) is 11.8 Å². The van der Waals surface area contributed by atoms with Gasteiger partial charge >= 0.3 is 6.18 Å². The molecule has 29 heavy (non-hydrogen) atoms. The van der Waals surface area contributed by atoms with Gasteiger partial charge in [0.05, 0.1) is 24.0 Å². The van der Waals surface area contributed by atoms with E-state index in [9.17, 15) is 22.8 Å². The normalized spacial score (nSPS) is 13.0. The predicted molar refractivity (Wildman–Crippen MR) is 108 cm³/mol. The second-order valence-electron chi connectivity index (χ2n) is 8.06. The Morgan fingerprint density at radius 2 is 1.59 bits per heavy atom. The first-order valence-corrected chi connectivity index (χ1v) is 9.65. The molecule has 0 bridgehead atoms. The van der Waals surface area contributed by atoms with E-state index in [1.54, 1.807) is 7.05 Å². The fourth-order valence-electron chi connectivity index (χ4n) is 2.92. The molecule has 1 rings (SSSR count). The summed E-state index contributed by atoms with van der Waals surface area (Å²) in [6, 6.07) is 3.34. The van der Waals surface area contributed by atoms with E-state index < -0.39 is 17.6 Å². The lowest BCUT2D eigenvalue weighted by molar-refractivity contribution is -0.862. The van der Waals surface area contributed by atoms with Gasteiger partial charge in [-0.3, -0.25) is 9.59 Å². The molecule has 0 saturated heterocycles. The van der Waals surface area contributed by atoms with E-state index in [4.69, 9.17) is 0 Å². The highest BCUT2D eigenvalue weighted by Crippen LogP contribution is 2.35. The molecule has 1 atom stereocenters. The van der Waals surface area contributed by atoms with Crippen molar-refractivity contribution in [2.75, 3.05) is 43.4 Å². The van der Waals surface area contributed by atoms with Crippen molar-refractivity contribution in [3.63, 3.8) is 0 Å². The van der Waals surface area contributed by atoms with Crippen molar-refractivity contribution < 1.29 is 27.7 Å². The van der Waals surface area contributed by atoms with E-state index in [-0.39, 0.29) is 30.2 Å². The topological polar surface area (TPSA) is 65.9 Å². The second-order valence-corrected chi connectivity index (χ2v) is 8.06. The van der Waals surface area contributed by atoms with Gasteiger partial charge in [-0.1, -0.05) is 0 Å². The molecule has 0 spiro atoms. The zero-order valence-corrected chi connectivity index (χ0v) is 18.0. The molecule has 0 radical (unpaired) electrons. The van der Waals surface area contributed by atoms with E-state index in [1.165, 1.54) is 6.07 Å². The number of likely N-dealkylation sites (N-methyl/N-ethyl adjacent to an activating group) is 1. The zero-order valence-electron chi connectivity index (χ0n) is 18.0. The number of hydrogen-bond acceptors (Lipinski definition) is 3. The van der Waals surface area contributed by atoms with Crippen LogP contribution in [0.3, 0.4) is 0 Å². The largest absolute Gasteiger partial charge is 0.416 e. The van der Waals surface area contributed by atoms with Crippen molar-refractivity contribution in [2.24, 2.45) is 0 Å². The standard InChI is InChI=1S/C20H31F3N4O2/c1-7-27(8-2)16-10-9-14(20(21,22)23)11-15(16)24-17(28)12-26(6)13-18(29)25-19(3,4)5/h9-11H,7-8,12-13H2,1-6H3,(H,24,28)(H,25,29)/p+1. The molecule has 0 aromatic heterocycles. The second kappa shape index (κ2) is 9.96. The van der Waals surface area contributed by atoms with Gasteiger partial charge < -0.3 is 20.4 Å². The van der Waals surface area contributed by atoms with Crippen LogP contribution in [0.25, 0.3) is 0 Å². The summed E-state index contributed by atoms with van der Waals surface area (Å²) in [4.78, 5) is 26.9. The van der Waals surface area contributed by atoms with E-state index in [0.29, 0.717) is 23.7 Å². The Morgan fingerprint density at radius 1 is 1.03 bits per heavy atom. The maximum atomic E-state index is 13.1.